The standard InChI is InChI=1S/C20H20N2O2/c1-12-9-10-14-5-3-7-17(16(14)11-12)22-20(23)15-6-4-8-18-19(15)21-13(2)24-18/h4,6,8-11,17H,3,5,7H2,1-2H3,(H,22,23)/t17-/m0/s1. The molecule has 24 heavy (non-hydrogen) atoms. The number of aromatic nitrogens is 1. The summed E-state index contributed by atoms with van der Waals surface area (Å²) in [5.41, 5.74) is 5.67. The number of aryl methyl sites for hydroxylation is 3. The lowest BCUT2D eigenvalue weighted by atomic mass is 9.86. The summed E-state index contributed by atoms with van der Waals surface area (Å²) in [7, 11) is 0. The maximum Gasteiger partial charge on any atom is 0.254 e. The van der Waals surface area contributed by atoms with E-state index in [1.165, 1.54) is 16.7 Å². The summed E-state index contributed by atoms with van der Waals surface area (Å²) >= 11 is 0. The minimum atomic E-state index is -0.0896. The van der Waals surface area contributed by atoms with Gasteiger partial charge in [0.1, 0.15) is 5.52 Å². The van der Waals surface area contributed by atoms with Crippen LogP contribution in [0.5, 0.6) is 0 Å². The van der Waals surface area contributed by atoms with E-state index < -0.39 is 0 Å². The molecule has 0 saturated heterocycles. The van der Waals surface area contributed by atoms with Gasteiger partial charge in [-0.2, -0.15) is 0 Å². The predicted molar refractivity (Wildman–Crippen MR) is 93.1 cm³/mol. The number of hydrogen-bond donors (Lipinski definition) is 1. The van der Waals surface area contributed by atoms with Crippen LogP contribution in [0, 0.1) is 13.8 Å². The molecule has 0 saturated carbocycles. The molecule has 4 heteroatoms. The molecule has 1 aromatic heterocycles. The van der Waals surface area contributed by atoms with Gasteiger partial charge in [-0.1, -0.05) is 29.8 Å². The van der Waals surface area contributed by atoms with Crippen molar-refractivity contribution in [3.8, 4) is 0 Å². The fraction of sp³-hybridized carbons (Fsp3) is 0.300. The maximum absolute atomic E-state index is 12.8. The lowest BCUT2D eigenvalue weighted by Crippen LogP contribution is -2.31. The molecule has 0 unspecified atom stereocenters. The van der Waals surface area contributed by atoms with Crippen LogP contribution in [0.1, 0.15) is 51.8 Å². The zero-order chi connectivity index (χ0) is 16.7. The first-order valence-corrected chi connectivity index (χ1v) is 8.38. The second-order valence-corrected chi connectivity index (χ2v) is 6.51. The molecule has 4 nitrogen and oxygen atoms in total. The van der Waals surface area contributed by atoms with Crippen molar-refractivity contribution in [3.63, 3.8) is 0 Å². The zero-order valence-electron chi connectivity index (χ0n) is 13.9. The quantitative estimate of drug-likeness (QED) is 0.768. The van der Waals surface area contributed by atoms with Crippen LogP contribution in [0.3, 0.4) is 0 Å². The van der Waals surface area contributed by atoms with E-state index in [0.29, 0.717) is 22.6 Å². The molecule has 0 radical (unpaired) electrons. The number of rotatable bonds is 2. The van der Waals surface area contributed by atoms with E-state index in [1.54, 1.807) is 13.0 Å². The van der Waals surface area contributed by atoms with E-state index in [0.717, 1.165) is 19.3 Å². The molecule has 1 N–H and O–H groups in total. The second kappa shape index (κ2) is 5.78. The number of carbonyl (C=O) groups excluding carboxylic acids is 1. The fourth-order valence-corrected chi connectivity index (χ4v) is 3.55. The topological polar surface area (TPSA) is 55.1 Å². The van der Waals surface area contributed by atoms with E-state index in [2.05, 4.69) is 35.4 Å². The van der Waals surface area contributed by atoms with Crippen LogP contribution in [0.25, 0.3) is 11.1 Å². The van der Waals surface area contributed by atoms with E-state index in [4.69, 9.17) is 4.42 Å². The number of oxazole rings is 1. The van der Waals surface area contributed by atoms with Crippen molar-refractivity contribution in [2.75, 3.05) is 0 Å². The normalized spacial score (nSPS) is 16.8. The van der Waals surface area contributed by atoms with Crippen molar-refractivity contribution in [2.24, 2.45) is 0 Å². The molecular formula is C20H20N2O2. The van der Waals surface area contributed by atoms with Crippen molar-refractivity contribution in [3.05, 3.63) is 64.5 Å². The summed E-state index contributed by atoms with van der Waals surface area (Å²) in [5.74, 6) is 0.483. The third kappa shape index (κ3) is 2.58. The van der Waals surface area contributed by atoms with Crippen LogP contribution >= 0.6 is 0 Å². The summed E-state index contributed by atoms with van der Waals surface area (Å²) in [5, 5.41) is 3.20. The van der Waals surface area contributed by atoms with Crippen molar-refractivity contribution in [1.29, 1.82) is 0 Å². The van der Waals surface area contributed by atoms with Crippen LogP contribution in [0.2, 0.25) is 0 Å². The first-order chi connectivity index (χ1) is 11.6. The number of amides is 1. The van der Waals surface area contributed by atoms with Gasteiger partial charge in [0.05, 0.1) is 11.6 Å². The molecule has 4 rings (SSSR count). The maximum atomic E-state index is 12.8. The molecule has 0 bridgehead atoms. The van der Waals surface area contributed by atoms with Crippen molar-refractivity contribution in [1.82, 2.24) is 10.3 Å². The Hall–Kier alpha value is -2.62. The summed E-state index contributed by atoms with van der Waals surface area (Å²) in [4.78, 5) is 17.2. The Balaban J connectivity index is 1.66. The molecule has 1 aliphatic rings. The largest absolute Gasteiger partial charge is 0.441 e. The fourth-order valence-electron chi connectivity index (χ4n) is 3.55. The highest BCUT2D eigenvalue weighted by Gasteiger charge is 2.23. The van der Waals surface area contributed by atoms with Gasteiger partial charge in [-0.05, 0) is 49.4 Å². The van der Waals surface area contributed by atoms with Crippen molar-refractivity contribution < 1.29 is 9.21 Å². The molecule has 1 amide bonds. The Morgan fingerprint density at radius 3 is 3.00 bits per heavy atom. The summed E-state index contributed by atoms with van der Waals surface area (Å²) in [6.07, 6.45) is 3.14. The Labute approximate surface area is 140 Å². The number of para-hydroxylation sites is 1. The minimum Gasteiger partial charge on any atom is -0.441 e. The monoisotopic (exact) mass is 320 g/mol. The van der Waals surface area contributed by atoms with Gasteiger partial charge in [0.15, 0.2) is 11.5 Å². The molecule has 1 heterocycles. The predicted octanol–water partition coefficient (Wildman–Crippen LogP) is 4.25. The van der Waals surface area contributed by atoms with Crippen molar-refractivity contribution >= 4 is 17.0 Å². The van der Waals surface area contributed by atoms with Gasteiger partial charge in [-0.3, -0.25) is 4.79 Å². The second-order valence-electron chi connectivity index (χ2n) is 6.51. The lowest BCUT2D eigenvalue weighted by molar-refractivity contribution is 0.0934. The Morgan fingerprint density at radius 2 is 2.12 bits per heavy atom. The molecule has 0 aliphatic heterocycles. The smallest absolute Gasteiger partial charge is 0.254 e. The molecule has 1 aliphatic carbocycles. The van der Waals surface area contributed by atoms with Gasteiger partial charge in [-0.15, -0.1) is 0 Å². The van der Waals surface area contributed by atoms with Crippen LogP contribution in [-0.4, -0.2) is 10.9 Å². The number of nitrogens with zero attached hydrogens (tertiary/aromatic N) is 1. The van der Waals surface area contributed by atoms with E-state index >= 15 is 0 Å². The van der Waals surface area contributed by atoms with E-state index in [1.807, 2.05) is 12.1 Å². The Kier molecular flexibility index (Phi) is 3.60. The molecule has 2 aromatic carbocycles. The van der Waals surface area contributed by atoms with Gasteiger partial charge in [-0.25, -0.2) is 4.98 Å². The zero-order valence-corrected chi connectivity index (χ0v) is 13.9. The molecule has 0 fully saturated rings. The summed E-state index contributed by atoms with van der Waals surface area (Å²) in [6, 6.07) is 12.1. The third-order valence-corrected chi connectivity index (χ3v) is 4.69. The average Bonchev–Trinajstić information content (AvgIpc) is 2.95. The number of hydrogen-bond acceptors (Lipinski definition) is 3. The van der Waals surface area contributed by atoms with Gasteiger partial charge < -0.3 is 9.73 Å². The molecule has 1 atom stereocenters. The Bertz CT molecular complexity index is 927. The lowest BCUT2D eigenvalue weighted by Gasteiger charge is -2.27. The highest BCUT2D eigenvalue weighted by molar-refractivity contribution is 6.04. The third-order valence-electron chi connectivity index (χ3n) is 4.69. The van der Waals surface area contributed by atoms with Gasteiger partial charge in [0, 0.05) is 6.92 Å². The highest BCUT2D eigenvalue weighted by Crippen LogP contribution is 2.31. The van der Waals surface area contributed by atoms with E-state index in [-0.39, 0.29) is 11.9 Å². The SMILES string of the molecule is Cc1ccc2c(c1)[C@@H](NC(=O)c1cccc3oc(C)nc13)CCC2. The average molecular weight is 320 g/mol. The summed E-state index contributed by atoms with van der Waals surface area (Å²) in [6.45, 7) is 3.88. The van der Waals surface area contributed by atoms with Crippen molar-refractivity contribution in [2.45, 2.75) is 39.2 Å². The highest BCUT2D eigenvalue weighted by atomic mass is 16.3. The molecular weight excluding hydrogens is 300 g/mol. The van der Waals surface area contributed by atoms with Crippen LogP contribution < -0.4 is 5.32 Å². The van der Waals surface area contributed by atoms with E-state index in [9.17, 15) is 4.79 Å². The molecule has 122 valence electrons. The van der Waals surface area contributed by atoms with Crippen LogP contribution in [0.4, 0.5) is 0 Å². The Morgan fingerprint density at radius 1 is 1.25 bits per heavy atom. The number of fused-ring (bicyclic) bond motifs is 2. The number of nitrogens with one attached hydrogen (secondary N) is 1. The molecule has 3 aromatic rings. The summed E-state index contributed by atoms with van der Waals surface area (Å²) < 4.78 is 5.53. The number of benzene rings is 2. The van der Waals surface area contributed by atoms with Crippen LogP contribution in [0.15, 0.2) is 40.8 Å². The van der Waals surface area contributed by atoms with Gasteiger partial charge >= 0.3 is 0 Å². The first kappa shape index (κ1) is 14.9. The number of carbonyl (C=O) groups is 1. The first-order valence-electron chi connectivity index (χ1n) is 8.38. The molecule has 0 spiro atoms. The van der Waals surface area contributed by atoms with Crippen LogP contribution in [-0.2, 0) is 6.42 Å². The van der Waals surface area contributed by atoms with Gasteiger partial charge in [0.25, 0.3) is 5.91 Å². The minimum absolute atomic E-state index is 0.0596. The van der Waals surface area contributed by atoms with Gasteiger partial charge in [0.2, 0.25) is 0 Å².